The number of ether oxygens (including phenoxy) is 2. The molecule has 1 rings (SSSR count). The average molecular weight is 433 g/mol. The third kappa shape index (κ3) is 29.4. The molecule has 0 amide bonds. The van der Waals surface area contributed by atoms with Gasteiger partial charge in [-0.1, -0.05) is 51.0 Å². The van der Waals surface area contributed by atoms with E-state index in [1.54, 1.807) is 0 Å². The van der Waals surface area contributed by atoms with Crippen LogP contribution in [0, 0.1) is 38.0 Å². The minimum absolute atomic E-state index is 0.214. The van der Waals surface area contributed by atoms with Crippen molar-refractivity contribution in [2.75, 3.05) is 20.3 Å². The molecule has 0 aliphatic rings. The maximum absolute atomic E-state index is 9.99. The van der Waals surface area contributed by atoms with Crippen molar-refractivity contribution in [1.29, 1.82) is 5.26 Å². The van der Waals surface area contributed by atoms with Crippen LogP contribution in [-0.2, 0) is 9.53 Å². The van der Waals surface area contributed by atoms with Crippen molar-refractivity contribution < 1.29 is 14.3 Å². The number of carbonyl (C=O) groups is 1. The average Bonchev–Trinajstić information content (AvgIpc) is 2.77. The fourth-order valence-corrected chi connectivity index (χ4v) is 1.76. The van der Waals surface area contributed by atoms with Gasteiger partial charge in [0.05, 0.1) is 19.1 Å². The van der Waals surface area contributed by atoms with Crippen LogP contribution in [0.2, 0.25) is 0 Å². The van der Waals surface area contributed by atoms with E-state index >= 15 is 0 Å². The largest absolute Gasteiger partial charge is 0.493 e. The van der Waals surface area contributed by atoms with Gasteiger partial charge in [-0.2, -0.15) is 5.26 Å². The van der Waals surface area contributed by atoms with E-state index in [0.717, 1.165) is 25.2 Å². The van der Waals surface area contributed by atoms with Crippen molar-refractivity contribution in [3.63, 3.8) is 0 Å². The number of benzene rings is 1. The van der Waals surface area contributed by atoms with Crippen molar-refractivity contribution in [3.8, 4) is 24.7 Å². The number of carbonyl (C=O) groups excluding carboxylic acids is 1. The summed E-state index contributed by atoms with van der Waals surface area (Å²) in [5.41, 5.74) is 3.90. The van der Waals surface area contributed by atoms with Crippen molar-refractivity contribution in [2.24, 2.45) is 0 Å². The van der Waals surface area contributed by atoms with Crippen molar-refractivity contribution in [1.82, 2.24) is 5.32 Å². The summed E-state index contributed by atoms with van der Waals surface area (Å²) in [7, 11) is 1.92. The molecule has 0 atom stereocenters. The third-order valence-corrected chi connectivity index (χ3v) is 3.26. The molecule has 176 valence electrons. The van der Waals surface area contributed by atoms with Gasteiger partial charge in [0, 0.05) is 14.0 Å². The highest BCUT2D eigenvalue weighted by Gasteiger charge is 1.97. The first-order valence-electron chi connectivity index (χ1n) is 10.7. The third-order valence-electron chi connectivity index (χ3n) is 3.26. The zero-order valence-electron chi connectivity index (χ0n) is 21.2. The van der Waals surface area contributed by atoms with E-state index in [9.17, 15) is 4.79 Å². The number of terminal acetylenes is 1. The highest BCUT2D eigenvalue weighted by molar-refractivity contribution is 5.65. The molecule has 0 fully saturated rings. The molecule has 5 nitrogen and oxygen atoms in total. The Hall–Kier alpha value is -2.92. The van der Waals surface area contributed by atoms with Gasteiger partial charge in [-0.3, -0.25) is 4.79 Å². The highest BCUT2D eigenvalue weighted by atomic mass is 16.5. The Morgan fingerprint density at radius 2 is 1.74 bits per heavy atom. The van der Waals surface area contributed by atoms with Gasteiger partial charge in [0.2, 0.25) is 0 Å². The van der Waals surface area contributed by atoms with Crippen LogP contribution in [0.5, 0.6) is 5.75 Å². The molecular weight excluding hydrogens is 388 g/mol. The summed E-state index contributed by atoms with van der Waals surface area (Å²) in [6.45, 7) is 16.9. The molecule has 1 aromatic carbocycles. The maximum atomic E-state index is 9.99. The predicted molar refractivity (Wildman–Crippen MR) is 133 cm³/mol. The Balaban J connectivity index is -0.000000169. The Morgan fingerprint density at radius 3 is 2.10 bits per heavy atom. The van der Waals surface area contributed by atoms with Crippen molar-refractivity contribution in [3.05, 3.63) is 41.1 Å². The summed E-state index contributed by atoms with van der Waals surface area (Å²) in [6, 6.07) is 8.11. The molecule has 31 heavy (non-hydrogen) atoms. The topological polar surface area (TPSA) is 71.4 Å². The van der Waals surface area contributed by atoms with Gasteiger partial charge in [-0.25, -0.2) is 0 Å². The van der Waals surface area contributed by atoms with Crippen molar-refractivity contribution in [2.45, 2.75) is 74.7 Å². The first kappa shape index (κ1) is 35.5. The number of rotatable bonds is 7. The first-order valence-corrected chi connectivity index (χ1v) is 10.7. The zero-order chi connectivity index (χ0) is 25.1. The van der Waals surface area contributed by atoms with E-state index in [2.05, 4.69) is 69.7 Å². The van der Waals surface area contributed by atoms with Gasteiger partial charge in [0.25, 0.3) is 0 Å². The van der Waals surface area contributed by atoms with Crippen LogP contribution in [0.1, 0.15) is 71.9 Å². The van der Waals surface area contributed by atoms with E-state index < -0.39 is 0 Å². The van der Waals surface area contributed by atoms with Gasteiger partial charge < -0.3 is 14.8 Å². The van der Waals surface area contributed by atoms with E-state index in [0.29, 0.717) is 0 Å². The second-order valence-corrected chi connectivity index (χ2v) is 6.00. The number of esters is 1. The van der Waals surface area contributed by atoms with Crippen LogP contribution in [-0.4, -0.2) is 26.2 Å². The lowest BCUT2D eigenvalue weighted by atomic mass is 10.1. The van der Waals surface area contributed by atoms with Crippen LogP contribution in [0.25, 0.3) is 0 Å². The van der Waals surface area contributed by atoms with Gasteiger partial charge in [0.15, 0.2) is 0 Å². The minimum Gasteiger partial charge on any atom is -0.493 e. The quantitative estimate of drug-likeness (QED) is 0.309. The molecule has 0 bridgehead atoms. The summed E-state index contributed by atoms with van der Waals surface area (Å²) in [5, 5.41) is 10.9. The van der Waals surface area contributed by atoms with E-state index in [-0.39, 0.29) is 19.0 Å². The first-order chi connectivity index (χ1) is 14.8. The molecule has 0 saturated carbocycles. The molecule has 1 N–H and O–H groups in total. The number of allylic oxidation sites excluding steroid dienone is 1. The van der Waals surface area contributed by atoms with Crippen LogP contribution >= 0.6 is 0 Å². The minimum atomic E-state index is -0.333. The van der Waals surface area contributed by atoms with Crippen LogP contribution in [0.4, 0.5) is 0 Å². The molecular formula is C26H44N2O3. The zero-order valence-corrected chi connectivity index (χ0v) is 21.2. The highest BCUT2D eigenvalue weighted by Crippen LogP contribution is 2.18. The monoisotopic (exact) mass is 432 g/mol. The smallest absolute Gasteiger partial charge is 0.302 e. The van der Waals surface area contributed by atoms with Gasteiger partial charge in [0.1, 0.15) is 12.4 Å². The standard InChI is InChI=1S/C11H16O.C6H13N.C5H7NO2.C2H6.C2H2/c1-4-7-12-11-6-5-9(2)8-10(11)3;1-4-6(2)5-7-3;1-5(7)8-4-2-3-6;2*1-2/h5-6,8H,4,7H2,1-3H3;5,7H,4H2,1-3H3;2,4H2,1H3;1-2H3;1-2H/b;6-5+;;;. The number of nitrogens with zero attached hydrogens (tertiary/aromatic N) is 1. The summed E-state index contributed by atoms with van der Waals surface area (Å²) in [5.74, 6) is 0.683. The SMILES string of the molecule is C#C.CC.CC(=O)OCCC#N.CC/C(C)=C/NC.CCCOc1ccc(C)cc1C. The number of nitrogens with one attached hydrogen (secondary N) is 1. The fraction of sp³-hybridized carbons (Fsp3) is 0.538. The van der Waals surface area contributed by atoms with Crippen LogP contribution < -0.4 is 10.1 Å². The Labute approximate surface area is 191 Å². The molecule has 0 aliphatic heterocycles. The lowest BCUT2D eigenvalue weighted by Gasteiger charge is -2.07. The molecule has 0 unspecified atom stereocenters. The number of hydrogen-bond donors (Lipinski definition) is 1. The molecule has 5 heteroatoms. The number of aryl methyl sites for hydroxylation is 2. The summed E-state index contributed by atoms with van der Waals surface area (Å²) in [6.07, 6.45) is 12.5. The summed E-state index contributed by atoms with van der Waals surface area (Å²) >= 11 is 0. The molecule has 0 saturated heterocycles. The maximum Gasteiger partial charge on any atom is 0.302 e. The molecule has 1 aromatic rings. The predicted octanol–water partition coefficient (Wildman–Crippen LogP) is 6.35. The normalized spacial score (nSPS) is 8.65. The van der Waals surface area contributed by atoms with Gasteiger partial charge in [-0.15, -0.1) is 12.8 Å². The summed E-state index contributed by atoms with van der Waals surface area (Å²) in [4.78, 5) is 9.99. The van der Waals surface area contributed by atoms with E-state index in [1.165, 1.54) is 23.6 Å². The van der Waals surface area contributed by atoms with Crippen LogP contribution in [0.15, 0.2) is 30.0 Å². The van der Waals surface area contributed by atoms with E-state index in [1.807, 2.05) is 39.2 Å². The lowest BCUT2D eigenvalue weighted by molar-refractivity contribution is -0.140. The second-order valence-electron chi connectivity index (χ2n) is 6.00. The van der Waals surface area contributed by atoms with E-state index in [4.69, 9.17) is 10.00 Å². The molecule has 0 radical (unpaired) electrons. The Kier molecular flexibility index (Phi) is 33.5. The Morgan fingerprint density at radius 1 is 1.16 bits per heavy atom. The van der Waals surface area contributed by atoms with Crippen molar-refractivity contribution >= 4 is 5.97 Å². The molecule has 0 spiro atoms. The van der Waals surface area contributed by atoms with Gasteiger partial charge >= 0.3 is 5.97 Å². The lowest BCUT2D eigenvalue weighted by Crippen LogP contribution is -1.98. The van der Waals surface area contributed by atoms with Gasteiger partial charge in [-0.05, 0) is 51.4 Å². The number of hydrogen-bond acceptors (Lipinski definition) is 5. The summed E-state index contributed by atoms with van der Waals surface area (Å²) < 4.78 is 9.96. The fourth-order valence-electron chi connectivity index (χ4n) is 1.76. The molecule has 0 aromatic heterocycles. The second kappa shape index (κ2) is 29.3. The Bertz CT molecular complexity index is 629. The van der Waals surface area contributed by atoms with Crippen LogP contribution in [0.3, 0.4) is 0 Å². The molecule has 0 heterocycles. The molecule has 0 aliphatic carbocycles. The number of nitriles is 1.